The van der Waals surface area contributed by atoms with Gasteiger partial charge in [-0.05, 0) is 88.8 Å². The van der Waals surface area contributed by atoms with Gasteiger partial charge in [-0.15, -0.1) is 0 Å². The van der Waals surface area contributed by atoms with E-state index in [-0.39, 0.29) is 24.0 Å². The van der Waals surface area contributed by atoms with Gasteiger partial charge in [0.25, 0.3) is 11.8 Å². The molecule has 7 heteroatoms. The van der Waals surface area contributed by atoms with Gasteiger partial charge in [0.2, 0.25) is 0 Å². The third kappa shape index (κ3) is 4.55. The highest BCUT2D eigenvalue weighted by atomic mass is 16.5. The maximum Gasteiger partial charge on any atom is 0.282 e. The van der Waals surface area contributed by atoms with Crippen molar-refractivity contribution in [3.8, 4) is 11.8 Å². The molecule has 2 aromatic carbocycles. The Morgan fingerprint density at radius 2 is 1.62 bits per heavy atom. The second-order valence-corrected chi connectivity index (χ2v) is 9.16. The highest BCUT2D eigenvalue weighted by Gasteiger charge is 2.43. The van der Waals surface area contributed by atoms with Crippen molar-refractivity contribution in [1.29, 1.82) is 5.26 Å². The summed E-state index contributed by atoms with van der Waals surface area (Å²) in [5, 5.41) is 9.12. The van der Waals surface area contributed by atoms with Gasteiger partial charge in [-0.2, -0.15) is 5.26 Å². The number of anilines is 1. The molecule has 0 spiro atoms. The van der Waals surface area contributed by atoms with Crippen LogP contribution in [0, 0.1) is 11.3 Å². The number of benzene rings is 2. The number of hydrogen-bond donors (Lipinski definition) is 0. The van der Waals surface area contributed by atoms with Crippen molar-refractivity contribution in [2.45, 2.75) is 38.8 Å². The first-order valence-electron chi connectivity index (χ1n) is 11.6. The zero-order valence-corrected chi connectivity index (χ0v) is 20.1. The molecule has 4 rings (SSSR count). The number of piperidine rings is 1. The van der Waals surface area contributed by atoms with Gasteiger partial charge in [-0.25, -0.2) is 4.90 Å². The molecule has 7 nitrogen and oxygen atoms in total. The molecule has 2 aliphatic rings. The average Bonchev–Trinajstić information content (AvgIpc) is 3.09. The van der Waals surface area contributed by atoms with Crippen molar-refractivity contribution in [3.05, 3.63) is 65.4 Å². The Morgan fingerprint density at radius 3 is 2.18 bits per heavy atom. The lowest BCUT2D eigenvalue weighted by Crippen LogP contribution is -2.43. The summed E-state index contributed by atoms with van der Waals surface area (Å²) in [6, 6.07) is 16.1. The third-order valence-corrected chi connectivity index (χ3v) is 6.42. The highest BCUT2D eigenvalue weighted by molar-refractivity contribution is 6.45. The molecule has 0 aromatic heterocycles. The summed E-state index contributed by atoms with van der Waals surface area (Å²) in [4.78, 5) is 32.9. The lowest BCUT2D eigenvalue weighted by Gasteiger charge is -2.36. The van der Waals surface area contributed by atoms with Crippen LogP contribution in [0.25, 0.3) is 5.57 Å². The molecule has 0 aliphatic carbocycles. The Kier molecular flexibility index (Phi) is 6.71. The fraction of sp³-hybridized carbons (Fsp3) is 0.370. The molecule has 0 radical (unpaired) electrons. The predicted molar refractivity (Wildman–Crippen MR) is 131 cm³/mol. The van der Waals surface area contributed by atoms with Gasteiger partial charge < -0.3 is 14.5 Å². The van der Waals surface area contributed by atoms with E-state index in [4.69, 9.17) is 10.00 Å². The Labute approximate surface area is 200 Å². The van der Waals surface area contributed by atoms with E-state index in [1.807, 2.05) is 50.1 Å². The van der Waals surface area contributed by atoms with Crippen LogP contribution in [0.3, 0.4) is 0 Å². The molecule has 0 bridgehead atoms. The number of nitrogens with zero attached hydrogens (tertiary/aromatic N) is 4. The van der Waals surface area contributed by atoms with Crippen LogP contribution >= 0.6 is 0 Å². The third-order valence-electron chi connectivity index (χ3n) is 6.42. The monoisotopic (exact) mass is 458 g/mol. The van der Waals surface area contributed by atoms with Crippen LogP contribution in [0.2, 0.25) is 0 Å². The number of ether oxygens (including phenoxy) is 1. The van der Waals surface area contributed by atoms with Gasteiger partial charge in [-0.1, -0.05) is 12.1 Å². The van der Waals surface area contributed by atoms with E-state index in [1.165, 1.54) is 4.90 Å². The minimum absolute atomic E-state index is 0.0396. The largest absolute Gasteiger partial charge is 0.491 e. The normalized spacial score (nSPS) is 17.5. The Balaban J connectivity index is 1.74. The van der Waals surface area contributed by atoms with Crippen molar-refractivity contribution in [2.75, 3.05) is 32.1 Å². The lowest BCUT2D eigenvalue weighted by atomic mass is 10.00. The maximum absolute atomic E-state index is 13.7. The molecule has 0 saturated carbocycles. The number of nitriles is 1. The number of carbonyl (C=O) groups is 2. The van der Waals surface area contributed by atoms with Crippen LogP contribution in [0.5, 0.6) is 5.75 Å². The van der Waals surface area contributed by atoms with Crippen LogP contribution in [0.15, 0.2) is 54.2 Å². The molecule has 2 aliphatic heterocycles. The van der Waals surface area contributed by atoms with Gasteiger partial charge in [0.15, 0.2) is 0 Å². The molecule has 2 heterocycles. The van der Waals surface area contributed by atoms with Crippen molar-refractivity contribution in [1.82, 2.24) is 9.80 Å². The van der Waals surface area contributed by atoms with Gasteiger partial charge >= 0.3 is 0 Å². The number of carbonyl (C=O) groups excluding carboxylic acids is 2. The molecule has 0 unspecified atom stereocenters. The van der Waals surface area contributed by atoms with Crippen LogP contribution < -0.4 is 9.64 Å². The van der Waals surface area contributed by atoms with Gasteiger partial charge in [-0.3, -0.25) is 9.59 Å². The predicted octanol–water partition coefficient (Wildman–Crippen LogP) is 3.66. The summed E-state index contributed by atoms with van der Waals surface area (Å²) >= 11 is 0. The first kappa shape index (κ1) is 23.5. The molecule has 34 heavy (non-hydrogen) atoms. The minimum atomic E-state index is -0.359. The standard InChI is InChI=1S/C27H30N4O3/c1-18(2)34-23-11-7-20(8-12-23)24-25(30(4)21-13-15-29(3)16-14-21)27(33)31(26(24)32)22-9-5-19(17-28)6-10-22/h5-12,18,21H,13-16H2,1-4H3. The van der Waals surface area contributed by atoms with Gasteiger partial charge in [0.1, 0.15) is 11.4 Å². The number of likely N-dealkylation sites (tertiary alicyclic amines) is 1. The zero-order valence-electron chi connectivity index (χ0n) is 20.1. The van der Waals surface area contributed by atoms with Crippen molar-refractivity contribution in [3.63, 3.8) is 0 Å². The fourth-order valence-electron chi connectivity index (χ4n) is 4.56. The first-order valence-corrected chi connectivity index (χ1v) is 11.6. The second-order valence-electron chi connectivity index (χ2n) is 9.16. The molecule has 1 saturated heterocycles. The number of rotatable bonds is 6. The molecular formula is C27H30N4O3. The number of imide groups is 1. The van der Waals surface area contributed by atoms with Crippen molar-refractivity contribution >= 4 is 23.1 Å². The van der Waals surface area contributed by atoms with E-state index >= 15 is 0 Å². The number of likely N-dealkylation sites (N-methyl/N-ethyl adjacent to an activating group) is 1. The summed E-state index contributed by atoms with van der Waals surface area (Å²) < 4.78 is 5.75. The molecule has 0 atom stereocenters. The Hall–Kier alpha value is -3.63. The zero-order chi connectivity index (χ0) is 24.4. The fourth-order valence-corrected chi connectivity index (χ4v) is 4.56. The van der Waals surface area contributed by atoms with Crippen molar-refractivity contribution < 1.29 is 14.3 Å². The molecule has 0 N–H and O–H groups in total. The maximum atomic E-state index is 13.7. The van der Waals surface area contributed by atoms with E-state index in [1.54, 1.807) is 24.3 Å². The summed E-state index contributed by atoms with van der Waals surface area (Å²) in [5.74, 6) is 0.0148. The van der Waals surface area contributed by atoms with Crippen LogP contribution in [-0.4, -0.2) is 60.9 Å². The first-order chi connectivity index (χ1) is 16.3. The lowest BCUT2D eigenvalue weighted by molar-refractivity contribution is -0.120. The minimum Gasteiger partial charge on any atom is -0.491 e. The van der Waals surface area contributed by atoms with Crippen LogP contribution in [0.4, 0.5) is 5.69 Å². The van der Waals surface area contributed by atoms with Gasteiger partial charge in [0.05, 0.1) is 29.0 Å². The Morgan fingerprint density at radius 1 is 1.00 bits per heavy atom. The second kappa shape index (κ2) is 9.70. The highest BCUT2D eigenvalue weighted by Crippen LogP contribution is 2.36. The van der Waals surface area contributed by atoms with E-state index in [2.05, 4.69) is 18.0 Å². The van der Waals surface area contributed by atoms with Crippen molar-refractivity contribution in [2.24, 2.45) is 0 Å². The number of hydrogen-bond acceptors (Lipinski definition) is 6. The Bertz CT molecular complexity index is 1140. The molecular weight excluding hydrogens is 428 g/mol. The quantitative estimate of drug-likeness (QED) is 0.615. The van der Waals surface area contributed by atoms with E-state index in [0.717, 1.165) is 25.9 Å². The average molecular weight is 459 g/mol. The number of amides is 2. The summed E-state index contributed by atoms with van der Waals surface area (Å²) in [7, 11) is 4.01. The molecule has 176 valence electrons. The van der Waals surface area contributed by atoms with Crippen LogP contribution in [0.1, 0.15) is 37.8 Å². The smallest absolute Gasteiger partial charge is 0.282 e. The summed E-state index contributed by atoms with van der Waals surface area (Å²) in [6.45, 7) is 5.81. The summed E-state index contributed by atoms with van der Waals surface area (Å²) in [5.41, 5.74) is 2.42. The van der Waals surface area contributed by atoms with Gasteiger partial charge in [0, 0.05) is 13.1 Å². The molecule has 2 aromatic rings. The van der Waals surface area contributed by atoms with E-state index < -0.39 is 0 Å². The molecule has 1 fully saturated rings. The van der Waals surface area contributed by atoms with Crippen LogP contribution in [-0.2, 0) is 9.59 Å². The van der Waals surface area contributed by atoms with E-state index in [0.29, 0.717) is 33.8 Å². The van der Waals surface area contributed by atoms with E-state index in [9.17, 15) is 9.59 Å². The SMILES string of the molecule is CC(C)Oc1ccc(C2=C(N(C)C3CCN(C)CC3)C(=O)N(c3ccc(C#N)cc3)C2=O)cc1. The summed E-state index contributed by atoms with van der Waals surface area (Å²) in [6.07, 6.45) is 1.88. The molecule has 2 amide bonds. The topological polar surface area (TPSA) is 76.9 Å².